The molecule has 0 radical (unpaired) electrons. The third-order valence-corrected chi connectivity index (χ3v) is 3.13. The maximum atomic E-state index is 12.0. The van der Waals surface area contributed by atoms with Gasteiger partial charge in [0.1, 0.15) is 0 Å². The largest absolute Gasteiger partial charge is 0.349 e. The van der Waals surface area contributed by atoms with Gasteiger partial charge in [-0.15, -0.1) is 12.4 Å². The number of hydrogen-bond acceptors (Lipinski definition) is 2. The third kappa shape index (κ3) is 4.00. The molecule has 0 bridgehead atoms. The highest BCUT2D eigenvalue weighted by Gasteiger charge is 2.27. The number of carbonyl (C=O) groups excluding carboxylic acids is 1. The van der Waals surface area contributed by atoms with Crippen LogP contribution in [0, 0.1) is 12.3 Å². The molecule has 18 heavy (non-hydrogen) atoms. The van der Waals surface area contributed by atoms with E-state index in [0.717, 1.165) is 5.56 Å². The van der Waals surface area contributed by atoms with Crippen molar-refractivity contribution in [3.63, 3.8) is 0 Å². The standard InChI is InChI=1S/C14H22N2O.ClH/c1-10-7-5-6-8-12(10)11(2)16-13(17)14(3,4)9-15;/h5-8,11H,9,15H2,1-4H3,(H,16,17);1H. The summed E-state index contributed by atoms with van der Waals surface area (Å²) in [5, 5.41) is 3.01. The van der Waals surface area contributed by atoms with Crippen LogP contribution in [0.25, 0.3) is 0 Å². The Hall–Kier alpha value is -1.06. The van der Waals surface area contributed by atoms with Crippen molar-refractivity contribution in [2.45, 2.75) is 33.7 Å². The molecule has 0 heterocycles. The molecule has 0 aliphatic carbocycles. The highest BCUT2D eigenvalue weighted by atomic mass is 35.5. The van der Waals surface area contributed by atoms with Crippen LogP contribution < -0.4 is 11.1 Å². The van der Waals surface area contributed by atoms with Gasteiger partial charge in [-0.05, 0) is 38.8 Å². The molecule has 0 aliphatic rings. The minimum absolute atomic E-state index is 0. The molecule has 3 nitrogen and oxygen atoms in total. The lowest BCUT2D eigenvalue weighted by atomic mass is 9.91. The molecule has 1 aromatic rings. The van der Waals surface area contributed by atoms with Crippen molar-refractivity contribution in [1.29, 1.82) is 0 Å². The molecular formula is C14H23ClN2O. The van der Waals surface area contributed by atoms with Crippen LogP contribution >= 0.6 is 12.4 Å². The van der Waals surface area contributed by atoms with E-state index < -0.39 is 5.41 Å². The molecular weight excluding hydrogens is 248 g/mol. The first-order chi connectivity index (χ1) is 7.88. The van der Waals surface area contributed by atoms with Gasteiger partial charge in [0.15, 0.2) is 0 Å². The van der Waals surface area contributed by atoms with Gasteiger partial charge in [0.05, 0.1) is 11.5 Å². The molecule has 1 rings (SSSR count). The number of rotatable bonds is 4. The van der Waals surface area contributed by atoms with Crippen LogP contribution in [0.3, 0.4) is 0 Å². The van der Waals surface area contributed by atoms with Crippen molar-refractivity contribution in [3.8, 4) is 0 Å². The summed E-state index contributed by atoms with van der Waals surface area (Å²) in [4.78, 5) is 12.0. The molecule has 1 atom stereocenters. The fourth-order valence-corrected chi connectivity index (χ4v) is 1.64. The van der Waals surface area contributed by atoms with Crippen LogP contribution in [-0.2, 0) is 4.79 Å². The molecule has 1 aromatic carbocycles. The molecule has 102 valence electrons. The summed E-state index contributed by atoms with van der Waals surface area (Å²) in [5.41, 5.74) is 7.41. The molecule has 0 aromatic heterocycles. The average molecular weight is 271 g/mol. The number of amides is 1. The Morgan fingerprint density at radius 3 is 2.44 bits per heavy atom. The maximum Gasteiger partial charge on any atom is 0.227 e. The topological polar surface area (TPSA) is 55.1 Å². The van der Waals surface area contributed by atoms with Gasteiger partial charge in [0, 0.05) is 6.54 Å². The number of halogens is 1. The van der Waals surface area contributed by atoms with Gasteiger partial charge < -0.3 is 11.1 Å². The first-order valence-electron chi connectivity index (χ1n) is 5.95. The molecule has 0 aliphatic heterocycles. The van der Waals surface area contributed by atoms with Gasteiger partial charge >= 0.3 is 0 Å². The number of carbonyl (C=O) groups is 1. The zero-order valence-corrected chi connectivity index (χ0v) is 12.3. The first kappa shape index (κ1) is 16.9. The Balaban J connectivity index is 0.00000289. The van der Waals surface area contributed by atoms with Gasteiger partial charge in [0.2, 0.25) is 5.91 Å². The second kappa shape index (κ2) is 6.76. The van der Waals surface area contributed by atoms with Crippen molar-refractivity contribution in [2.24, 2.45) is 11.1 Å². The number of benzene rings is 1. The summed E-state index contributed by atoms with van der Waals surface area (Å²) in [5.74, 6) is -0.00393. The van der Waals surface area contributed by atoms with Gasteiger partial charge in [-0.25, -0.2) is 0 Å². The van der Waals surface area contributed by atoms with Crippen LogP contribution in [-0.4, -0.2) is 12.5 Å². The van der Waals surface area contributed by atoms with E-state index in [1.54, 1.807) is 0 Å². The summed E-state index contributed by atoms with van der Waals surface area (Å²) >= 11 is 0. The average Bonchev–Trinajstić information content (AvgIpc) is 2.29. The fraction of sp³-hybridized carbons (Fsp3) is 0.500. The summed E-state index contributed by atoms with van der Waals surface area (Å²) in [6, 6.07) is 8.08. The maximum absolute atomic E-state index is 12.0. The van der Waals surface area contributed by atoms with E-state index in [9.17, 15) is 4.79 Å². The number of hydrogen-bond donors (Lipinski definition) is 2. The minimum Gasteiger partial charge on any atom is -0.349 e. The van der Waals surface area contributed by atoms with Gasteiger partial charge in [-0.1, -0.05) is 24.3 Å². The van der Waals surface area contributed by atoms with Gasteiger partial charge in [0.25, 0.3) is 0 Å². The summed E-state index contributed by atoms with van der Waals surface area (Å²) < 4.78 is 0. The molecule has 3 N–H and O–H groups in total. The summed E-state index contributed by atoms with van der Waals surface area (Å²) in [6.07, 6.45) is 0. The molecule has 1 unspecified atom stereocenters. The van der Waals surface area contributed by atoms with Crippen molar-refractivity contribution in [2.75, 3.05) is 6.54 Å². The van der Waals surface area contributed by atoms with Crippen molar-refractivity contribution < 1.29 is 4.79 Å². The number of nitrogens with two attached hydrogens (primary N) is 1. The zero-order chi connectivity index (χ0) is 13.1. The summed E-state index contributed by atoms with van der Waals surface area (Å²) in [7, 11) is 0. The van der Waals surface area contributed by atoms with E-state index in [4.69, 9.17) is 5.73 Å². The molecule has 0 saturated carbocycles. The van der Waals surface area contributed by atoms with E-state index >= 15 is 0 Å². The van der Waals surface area contributed by atoms with Crippen LogP contribution in [0.1, 0.15) is 37.9 Å². The Bertz CT molecular complexity index is 405. The molecule has 0 saturated heterocycles. The highest BCUT2D eigenvalue weighted by Crippen LogP contribution is 2.19. The van der Waals surface area contributed by atoms with Crippen LogP contribution in [0.2, 0.25) is 0 Å². The lowest BCUT2D eigenvalue weighted by molar-refractivity contribution is -0.129. The monoisotopic (exact) mass is 270 g/mol. The van der Waals surface area contributed by atoms with Gasteiger partial charge in [-0.2, -0.15) is 0 Å². The Labute approximate surface area is 116 Å². The van der Waals surface area contributed by atoms with E-state index in [2.05, 4.69) is 5.32 Å². The van der Waals surface area contributed by atoms with Crippen LogP contribution in [0.15, 0.2) is 24.3 Å². The van der Waals surface area contributed by atoms with Crippen LogP contribution in [0.5, 0.6) is 0 Å². The second-order valence-corrected chi connectivity index (χ2v) is 5.14. The molecule has 4 heteroatoms. The van der Waals surface area contributed by atoms with E-state index in [-0.39, 0.29) is 24.4 Å². The number of nitrogens with one attached hydrogen (secondary N) is 1. The third-order valence-electron chi connectivity index (χ3n) is 3.13. The first-order valence-corrected chi connectivity index (χ1v) is 5.95. The predicted octanol–water partition coefficient (Wildman–Crippen LogP) is 2.58. The normalized spacial score (nSPS) is 12.5. The van der Waals surface area contributed by atoms with Crippen LogP contribution in [0.4, 0.5) is 0 Å². The SMILES string of the molecule is Cc1ccccc1C(C)NC(=O)C(C)(C)CN.Cl. The minimum atomic E-state index is -0.517. The quantitative estimate of drug-likeness (QED) is 0.884. The predicted molar refractivity (Wildman–Crippen MR) is 77.8 cm³/mol. The Morgan fingerprint density at radius 2 is 1.94 bits per heavy atom. The van der Waals surface area contributed by atoms with E-state index in [1.165, 1.54) is 5.56 Å². The molecule has 0 fully saturated rings. The lowest BCUT2D eigenvalue weighted by Crippen LogP contribution is -2.42. The van der Waals surface area contributed by atoms with E-state index in [1.807, 2.05) is 52.0 Å². The molecule has 1 amide bonds. The second-order valence-electron chi connectivity index (χ2n) is 5.14. The van der Waals surface area contributed by atoms with Crippen molar-refractivity contribution in [3.05, 3.63) is 35.4 Å². The lowest BCUT2D eigenvalue weighted by Gasteiger charge is -2.25. The smallest absolute Gasteiger partial charge is 0.227 e. The fourth-order valence-electron chi connectivity index (χ4n) is 1.64. The van der Waals surface area contributed by atoms with Crippen molar-refractivity contribution in [1.82, 2.24) is 5.32 Å². The van der Waals surface area contributed by atoms with E-state index in [0.29, 0.717) is 6.54 Å². The van der Waals surface area contributed by atoms with Crippen molar-refractivity contribution >= 4 is 18.3 Å². The molecule has 0 spiro atoms. The Kier molecular flexibility index (Phi) is 6.36. The summed E-state index contributed by atoms with van der Waals surface area (Å²) in [6.45, 7) is 8.10. The van der Waals surface area contributed by atoms with Gasteiger partial charge in [-0.3, -0.25) is 4.79 Å². The zero-order valence-electron chi connectivity index (χ0n) is 11.5. The highest BCUT2D eigenvalue weighted by molar-refractivity contribution is 5.85. The number of aryl methyl sites for hydroxylation is 1. The Morgan fingerprint density at radius 1 is 1.39 bits per heavy atom.